The number of rotatable bonds is 3. The predicted octanol–water partition coefficient (Wildman–Crippen LogP) is 5.08. The van der Waals surface area contributed by atoms with Crippen LogP contribution in [0.5, 0.6) is 5.75 Å². The smallest absolute Gasteiger partial charge is 0.268 e. The number of thiophene rings is 1. The molecule has 6 rings (SSSR count). The first kappa shape index (κ1) is 17.8. The molecular formula is C25H16N4OS. The van der Waals surface area contributed by atoms with Gasteiger partial charge in [-0.3, -0.25) is 9.13 Å². The molecule has 6 heteroatoms. The number of para-hydroxylation sites is 2. The molecule has 5 nitrogen and oxygen atoms in total. The number of benzene rings is 3. The minimum atomic E-state index is 0.211. The minimum absolute atomic E-state index is 0.211. The Balaban J connectivity index is 1.46. The topological polar surface area (TPSA) is 54.8 Å². The van der Waals surface area contributed by atoms with Crippen LogP contribution in [0.4, 0.5) is 0 Å². The van der Waals surface area contributed by atoms with Gasteiger partial charge in [-0.25, -0.2) is 9.97 Å². The van der Waals surface area contributed by atoms with E-state index in [0.29, 0.717) is 5.69 Å². The van der Waals surface area contributed by atoms with Crippen molar-refractivity contribution in [2.75, 3.05) is 0 Å². The van der Waals surface area contributed by atoms with E-state index >= 15 is 0 Å². The third-order valence-corrected chi connectivity index (χ3v) is 6.44. The van der Waals surface area contributed by atoms with Gasteiger partial charge >= 0.3 is 0 Å². The summed E-state index contributed by atoms with van der Waals surface area (Å²) in [5.41, 5.74) is 4.57. The van der Waals surface area contributed by atoms with Gasteiger partial charge in [0.15, 0.2) is 0 Å². The molecule has 1 N–H and O–H groups in total. The lowest BCUT2D eigenvalue weighted by Gasteiger charge is -2.06. The number of nitrogens with zero attached hydrogens (tertiary/aromatic N) is 4. The molecule has 3 aromatic heterocycles. The molecule has 0 aliphatic carbocycles. The van der Waals surface area contributed by atoms with Crippen LogP contribution in [0.2, 0.25) is 0 Å². The van der Waals surface area contributed by atoms with Crippen LogP contribution in [0.25, 0.3) is 42.9 Å². The standard InChI is InChI=1S/C25H16N4OS/c30-21-10-3-2-9-20(21)29-13-12-28(16-29)18-7-5-6-17(14-18)23-25-24(27-15-26-23)19-8-1-4-11-22(19)31-25/h1-15,30H. The van der Waals surface area contributed by atoms with Crippen molar-refractivity contribution < 1.29 is 9.67 Å². The monoisotopic (exact) mass is 420 g/mol. The van der Waals surface area contributed by atoms with E-state index in [4.69, 9.17) is 0 Å². The molecule has 0 radical (unpaired) electrons. The van der Waals surface area contributed by atoms with E-state index in [0.717, 1.165) is 32.5 Å². The minimum Gasteiger partial charge on any atom is -0.511 e. The van der Waals surface area contributed by atoms with Crippen LogP contribution in [-0.4, -0.2) is 19.6 Å². The highest BCUT2D eigenvalue weighted by Gasteiger charge is 2.13. The Morgan fingerprint density at radius 3 is 2.74 bits per heavy atom. The first-order valence-corrected chi connectivity index (χ1v) is 10.6. The van der Waals surface area contributed by atoms with Crippen molar-refractivity contribution in [1.29, 1.82) is 0 Å². The molecule has 0 atom stereocenters. The van der Waals surface area contributed by atoms with E-state index in [-0.39, 0.29) is 5.75 Å². The zero-order valence-corrected chi connectivity index (χ0v) is 17.1. The second kappa shape index (κ2) is 7.04. The normalized spacial score (nSPS) is 11.4. The van der Waals surface area contributed by atoms with Crippen molar-refractivity contribution in [1.82, 2.24) is 14.5 Å². The maximum atomic E-state index is 10.1. The molecular weight excluding hydrogens is 404 g/mol. The number of imidazole rings is 1. The van der Waals surface area contributed by atoms with Gasteiger partial charge in [0, 0.05) is 22.5 Å². The zero-order chi connectivity index (χ0) is 20.8. The Hall–Kier alpha value is -4.03. The fraction of sp³-hybridized carbons (Fsp3) is 0. The Kier molecular flexibility index (Phi) is 4.04. The van der Waals surface area contributed by atoms with E-state index in [1.165, 1.54) is 4.70 Å². The average Bonchev–Trinajstić information content (AvgIpc) is 3.45. The predicted molar refractivity (Wildman–Crippen MR) is 122 cm³/mol. The molecule has 0 aliphatic rings. The molecule has 0 bridgehead atoms. The van der Waals surface area contributed by atoms with Gasteiger partial charge in [-0.15, -0.1) is 11.3 Å². The van der Waals surface area contributed by atoms with Crippen molar-refractivity contribution in [3.63, 3.8) is 0 Å². The SMILES string of the molecule is Oc1ccccc1-n1[c-][n+](-c2cccc(-c3ncnc4c3sc3ccccc34)c2)cc1. The lowest BCUT2D eigenvalue weighted by molar-refractivity contribution is -0.599. The number of hydrogen-bond acceptors (Lipinski definition) is 4. The van der Waals surface area contributed by atoms with Crippen molar-refractivity contribution in [2.45, 2.75) is 0 Å². The summed E-state index contributed by atoms with van der Waals surface area (Å²) in [6.07, 6.45) is 8.69. The lowest BCUT2D eigenvalue weighted by Crippen LogP contribution is -2.28. The van der Waals surface area contributed by atoms with Gasteiger partial charge in [-0.05, 0) is 35.9 Å². The van der Waals surface area contributed by atoms with Crippen molar-refractivity contribution in [3.05, 3.63) is 97.8 Å². The van der Waals surface area contributed by atoms with E-state index in [9.17, 15) is 5.11 Å². The largest absolute Gasteiger partial charge is 0.511 e. The van der Waals surface area contributed by atoms with Crippen molar-refractivity contribution in [2.24, 2.45) is 0 Å². The van der Waals surface area contributed by atoms with E-state index in [1.807, 2.05) is 53.4 Å². The summed E-state index contributed by atoms with van der Waals surface area (Å²) in [5.74, 6) is 0.211. The fourth-order valence-corrected chi connectivity index (χ4v) is 4.96. The third kappa shape index (κ3) is 2.96. The third-order valence-electron chi connectivity index (χ3n) is 5.28. The van der Waals surface area contributed by atoms with Crippen LogP contribution in [0.1, 0.15) is 0 Å². The van der Waals surface area contributed by atoms with Gasteiger partial charge in [0.1, 0.15) is 17.8 Å². The van der Waals surface area contributed by atoms with E-state index in [1.54, 1.807) is 34.4 Å². The maximum Gasteiger partial charge on any atom is 0.268 e. The highest BCUT2D eigenvalue weighted by atomic mass is 32.1. The second-order valence-electron chi connectivity index (χ2n) is 7.18. The number of fused-ring (bicyclic) bond motifs is 3. The average molecular weight is 420 g/mol. The Labute approximate surface area is 182 Å². The van der Waals surface area contributed by atoms with Crippen LogP contribution in [-0.2, 0) is 0 Å². The van der Waals surface area contributed by atoms with Crippen molar-refractivity contribution >= 4 is 31.6 Å². The summed E-state index contributed by atoms with van der Waals surface area (Å²) in [5, 5.41) is 11.3. The molecule has 0 amide bonds. The molecule has 6 aromatic rings. The first-order chi connectivity index (χ1) is 15.3. The molecule has 0 saturated heterocycles. The van der Waals surface area contributed by atoms with Crippen LogP contribution in [0, 0.1) is 6.33 Å². The quantitative estimate of drug-likeness (QED) is 0.321. The number of hydrogen-bond donors (Lipinski definition) is 1. The van der Waals surface area contributed by atoms with Gasteiger partial charge in [-0.1, -0.05) is 42.5 Å². The number of aromatic nitrogens is 4. The molecule has 0 unspecified atom stereocenters. The van der Waals surface area contributed by atoms with Crippen LogP contribution < -0.4 is 4.57 Å². The first-order valence-electron chi connectivity index (χ1n) is 9.82. The summed E-state index contributed by atoms with van der Waals surface area (Å²) in [6.45, 7) is 0. The molecule has 0 spiro atoms. The molecule has 3 heterocycles. The maximum absolute atomic E-state index is 10.1. The van der Waals surface area contributed by atoms with Crippen molar-refractivity contribution in [3.8, 4) is 28.4 Å². The number of aromatic hydroxyl groups is 1. The molecule has 3 aromatic carbocycles. The highest BCUT2D eigenvalue weighted by molar-refractivity contribution is 7.26. The summed E-state index contributed by atoms with van der Waals surface area (Å²) >= 11 is 1.72. The van der Waals surface area contributed by atoms with E-state index < -0.39 is 0 Å². The van der Waals surface area contributed by atoms with Crippen LogP contribution >= 0.6 is 11.3 Å². The Morgan fingerprint density at radius 2 is 1.81 bits per heavy atom. The zero-order valence-electron chi connectivity index (χ0n) is 16.3. The highest BCUT2D eigenvalue weighted by Crippen LogP contribution is 2.37. The van der Waals surface area contributed by atoms with Gasteiger partial charge in [-0.2, -0.15) is 0 Å². The van der Waals surface area contributed by atoms with Gasteiger partial charge in [0.05, 0.1) is 21.6 Å². The summed E-state index contributed by atoms with van der Waals surface area (Å²) in [4.78, 5) is 9.16. The molecule has 148 valence electrons. The van der Waals surface area contributed by atoms with Crippen LogP contribution in [0.3, 0.4) is 0 Å². The molecule has 0 saturated carbocycles. The summed E-state index contributed by atoms with van der Waals surface area (Å²) in [7, 11) is 0. The summed E-state index contributed by atoms with van der Waals surface area (Å²) in [6, 6.07) is 23.7. The van der Waals surface area contributed by atoms with E-state index in [2.05, 4.69) is 40.6 Å². The second-order valence-corrected chi connectivity index (χ2v) is 8.23. The molecule has 0 aliphatic heterocycles. The van der Waals surface area contributed by atoms with Gasteiger partial charge < -0.3 is 5.11 Å². The Morgan fingerprint density at radius 1 is 0.935 bits per heavy atom. The fourth-order valence-electron chi connectivity index (χ4n) is 3.79. The molecule has 31 heavy (non-hydrogen) atoms. The van der Waals surface area contributed by atoms with Gasteiger partial charge in [0.2, 0.25) is 0 Å². The Bertz CT molecular complexity index is 1570. The van der Waals surface area contributed by atoms with Gasteiger partial charge in [0.25, 0.3) is 6.33 Å². The summed E-state index contributed by atoms with van der Waals surface area (Å²) < 4.78 is 5.97. The number of phenolic OH excluding ortho intramolecular Hbond substituents is 1. The molecule has 0 fully saturated rings. The van der Waals surface area contributed by atoms with Crippen LogP contribution in [0.15, 0.2) is 91.5 Å². The lowest BCUT2D eigenvalue weighted by atomic mass is 10.1. The number of phenols is 1.